The summed E-state index contributed by atoms with van der Waals surface area (Å²) < 4.78 is 10.5. The second kappa shape index (κ2) is 4.89. The van der Waals surface area contributed by atoms with Crippen molar-refractivity contribution in [3.05, 3.63) is 27.2 Å². The largest absolute Gasteiger partial charge is 0.417 e. The Kier molecular flexibility index (Phi) is 4.26. The van der Waals surface area contributed by atoms with Crippen LogP contribution in [0.1, 0.15) is 0 Å². The maximum atomic E-state index is 10.5. The van der Waals surface area contributed by atoms with Crippen LogP contribution in [0.2, 0.25) is 15.1 Å². The molecule has 0 spiro atoms. The summed E-state index contributed by atoms with van der Waals surface area (Å²) in [5, 5.41) is 2.21. The Morgan fingerprint density at radius 2 is 1.67 bits per heavy atom. The molecule has 9 heteroatoms. The third kappa shape index (κ3) is 3.81. The molecular formula is C6H6Cl3N2O3P. The van der Waals surface area contributed by atoms with E-state index in [1.165, 1.54) is 12.1 Å². The summed E-state index contributed by atoms with van der Waals surface area (Å²) in [4.78, 5) is 17.1. The molecule has 1 rings (SSSR count). The minimum absolute atomic E-state index is 0.0742. The smallest absolute Gasteiger partial charge is 0.311 e. The van der Waals surface area contributed by atoms with Crippen molar-refractivity contribution < 1.29 is 14.4 Å². The van der Waals surface area contributed by atoms with Crippen molar-refractivity contribution in [1.82, 2.24) is 5.20 Å². The number of hydrazine groups is 1. The van der Waals surface area contributed by atoms with E-state index in [2.05, 4.69) is 5.43 Å². The van der Waals surface area contributed by atoms with Crippen molar-refractivity contribution in [2.75, 3.05) is 5.43 Å². The van der Waals surface area contributed by atoms with E-state index >= 15 is 0 Å². The molecule has 1 aromatic rings. The van der Waals surface area contributed by atoms with Crippen molar-refractivity contribution in [1.29, 1.82) is 0 Å². The maximum absolute atomic E-state index is 10.5. The molecule has 0 amide bonds. The van der Waals surface area contributed by atoms with Crippen molar-refractivity contribution >= 4 is 48.2 Å². The van der Waals surface area contributed by atoms with E-state index in [1.54, 1.807) is 5.20 Å². The van der Waals surface area contributed by atoms with Crippen molar-refractivity contribution in [3.8, 4) is 0 Å². The molecule has 4 N–H and O–H groups in total. The highest BCUT2D eigenvalue weighted by Crippen LogP contribution is 2.37. The molecule has 0 aliphatic rings. The molecule has 0 fully saturated rings. The lowest BCUT2D eigenvalue weighted by molar-refractivity contribution is 0.362. The fourth-order valence-corrected chi connectivity index (χ4v) is 1.65. The minimum Gasteiger partial charge on any atom is -0.311 e. The van der Waals surface area contributed by atoms with Gasteiger partial charge in [0.15, 0.2) is 0 Å². The average Bonchev–Trinajstić information content (AvgIpc) is 2.10. The molecule has 1 aromatic carbocycles. The summed E-state index contributed by atoms with van der Waals surface area (Å²) in [7, 11) is -4.41. The Morgan fingerprint density at radius 3 is 2.20 bits per heavy atom. The second-order valence-corrected chi connectivity index (χ2v) is 5.00. The number of benzene rings is 1. The molecule has 84 valence electrons. The molecule has 0 saturated carbocycles. The van der Waals surface area contributed by atoms with Crippen LogP contribution in [0.15, 0.2) is 12.1 Å². The van der Waals surface area contributed by atoms with Crippen LogP contribution in [-0.2, 0) is 4.57 Å². The molecule has 5 nitrogen and oxygen atoms in total. The van der Waals surface area contributed by atoms with Crippen LogP contribution in [0.4, 0.5) is 5.69 Å². The zero-order chi connectivity index (χ0) is 11.6. The molecule has 0 aliphatic carbocycles. The normalized spacial score (nSPS) is 11.5. The van der Waals surface area contributed by atoms with Gasteiger partial charge >= 0.3 is 7.75 Å². The fraction of sp³-hybridized carbons (Fsp3) is 0. The molecule has 0 unspecified atom stereocenters. The topological polar surface area (TPSA) is 81.6 Å². The van der Waals surface area contributed by atoms with Crippen LogP contribution in [0.5, 0.6) is 0 Å². The van der Waals surface area contributed by atoms with Gasteiger partial charge in [-0.1, -0.05) is 34.8 Å². The summed E-state index contributed by atoms with van der Waals surface area (Å²) in [6, 6.07) is 2.91. The van der Waals surface area contributed by atoms with Gasteiger partial charge in [-0.15, -0.1) is 5.20 Å². The van der Waals surface area contributed by atoms with Gasteiger partial charge in [-0.25, -0.2) is 4.57 Å². The molecule has 15 heavy (non-hydrogen) atoms. The third-order valence-corrected chi connectivity index (χ3v) is 2.89. The Bertz CT molecular complexity index is 422. The van der Waals surface area contributed by atoms with Gasteiger partial charge in [-0.05, 0) is 12.1 Å². The van der Waals surface area contributed by atoms with Gasteiger partial charge in [0.1, 0.15) is 0 Å². The van der Waals surface area contributed by atoms with Crippen LogP contribution in [0.3, 0.4) is 0 Å². The number of hydrogen-bond acceptors (Lipinski definition) is 2. The standard InChI is InChI=1S/C6H6Cl3N2O3P/c7-3-1-2-4(8)6(5(3)9)10-11-15(12,13)14/h1-2,10H,(H3,11,12,13,14). The first-order valence-corrected chi connectivity index (χ1v) is 6.28. The van der Waals surface area contributed by atoms with Crippen LogP contribution in [0, 0.1) is 0 Å². The lowest BCUT2D eigenvalue weighted by Crippen LogP contribution is -2.18. The highest BCUT2D eigenvalue weighted by Gasteiger charge is 2.15. The lowest BCUT2D eigenvalue weighted by atomic mass is 10.3. The molecule has 0 aromatic heterocycles. The summed E-state index contributed by atoms with van der Waals surface area (Å²) in [5.41, 5.74) is 2.31. The third-order valence-electron chi connectivity index (χ3n) is 1.37. The monoisotopic (exact) mass is 290 g/mol. The molecule has 0 aliphatic heterocycles. The molecule has 0 heterocycles. The molecule has 0 radical (unpaired) electrons. The van der Waals surface area contributed by atoms with E-state index in [4.69, 9.17) is 44.6 Å². The van der Waals surface area contributed by atoms with Crippen LogP contribution >= 0.6 is 42.5 Å². The summed E-state index contributed by atoms with van der Waals surface area (Å²) in [6.07, 6.45) is 0. The Morgan fingerprint density at radius 1 is 1.13 bits per heavy atom. The number of nitrogens with one attached hydrogen (secondary N) is 2. The predicted octanol–water partition coefficient (Wildman–Crippen LogP) is 2.66. The van der Waals surface area contributed by atoms with Crippen molar-refractivity contribution in [3.63, 3.8) is 0 Å². The average molecular weight is 291 g/mol. The van der Waals surface area contributed by atoms with Gasteiger partial charge in [0, 0.05) is 0 Å². The Hall–Kier alpha value is -0.000000000000000167. The first-order valence-electron chi connectivity index (χ1n) is 3.53. The van der Waals surface area contributed by atoms with Crippen molar-refractivity contribution in [2.24, 2.45) is 0 Å². The van der Waals surface area contributed by atoms with E-state index in [-0.39, 0.29) is 20.8 Å². The SMILES string of the molecule is O=P(O)(O)NNc1c(Cl)ccc(Cl)c1Cl. The Labute approximate surface area is 101 Å². The van der Waals surface area contributed by atoms with Crippen LogP contribution in [-0.4, -0.2) is 9.79 Å². The van der Waals surface area contributed by atoms with E-state index in [1.807, 2.05) is 0 Å². The number of rotatable bonds is 3. The van der Waals surface area contributed by atoms with E-state index in [0.29, 0.717) is 0 Å². The maximum Gasteiger partial charge on any atom is 0.417 e. The highest BCUT2D eigenvalue weighted by molar-refractivity contribution is 7.49. The van der Waals surface area contributed by atoms with Gasteiger partial charge < -0.3 is 15.2 Å². The van der Waals surface area contributed by atoms with Gasteiger partial charge in [-0.2, -0.15) is 0 Å². The second-order valence-electron chi connectivity index (χ2n) is 2.50. The molecule has 0 saturated heterocycles. The lowest BCUT2D eigenvalue weighted by Gasteiger charge is -2.12. The van der Waals surface area contributed by atoms with E-state index < -0.39 is 7.75 Å². The first-order chi connectivity index (χ1) is 6.81. The van der Waals surface area contributed by atoms with Gasteiger partial charge in [0.25, 0.3) is 0 Å². The summed E-state index contributed by atoms with van der Waals surface area (Å²) in [6.45, 7) is 0. The quantitative estimate of drug-likeness (QED) is 0.391. The summed E-state index contributed by atoms with van der Waals surface area (Å²) >= 11 is 17.2. The van der Waals surface area contributed by atoms with E-state index in [9.17, 15) is 4.57 Å². The summed E-state index contributed by atoms with van der Waals surface area (Å²) in [5.74, 6) is 0. The van der Waals surface area contributed by atoms with Crippen LogP contribution < -0.4 is 10.6 Å². The highest BCUT2D eigenvalue weighted by atomic mass is 35.5. The number of halogens is 3. The zero-order valence-electron chi connectivity index (χ0n) is 7.04. The first kappa shape index (κ1) is 13.1. The van der Waals surface area contributed by atoms with E-state index in [0.717, 1.165) is 0 Å². The molecule has 0 bridgehead atoms. The van der Waals surface area contributed by atoms with Gasteiger partial charge in [0.2, 0.25) is 0 Å². The Balaban J connectivity index is 2.94. The van der Waals surface area contributed by atoms with Crippen LogP contribution in [0.25, 0.3) is 0 Å². The van der Waals surface area contributed by atoms with Gasteiger partial charge in [-0.3, -0.25) is 0 Å². The molecule has 0 atom stereocenters. The molecular weight excluding hydrogens is 285 g/mol. The number of anilines is 1. The zero-order valence-corrected chi connectivity index (χ0v) is 10.2. The van der Waals surface area contributed by atoms with Gasteiger partial charge in [0.05, 0.1) is 20.8 Å². The minimum atomic E-state index is -4.41. The predicted molar refractivity (Wildman–Crippen MR) is 60.3 cm³/mol. The number of hydrogen-bond donors (Lipinski definition) is 4. The fourth-order valence-electron chi connectivity index (χ4n) is 0.770. The van der Waals surface area contributed by atoms with Crippen molar-refractivity contribution in [2.45, 2.75) is 0 Å².